The van der Waals surface area contributed by atoms with Crippen LogP contribution < -0.4 is 0 Å². The number of hydrogen-bond donors (Lipinski definition) is 0. The third-order valence-electron chi connectivity index (χ3n) is 11.8. The van der Waals surface area contributed by atoms with Crippen LogP contribution in [0.25, 0.3) is 33.8 Å². The Morgan fingerprint density at radius 2 is 1.16 bits per heavy atom. The van der Waals surface area contributed by atoms with E-state index in [1.54, 1.807) is 0 Å². The number of nitrogens with zero attached hydrogens (tertiary/aromatic N) is 5. The van der Waals surface area contributed by atoms with E-state index in [0.717, 1.165) is 88.6 Å². The standard InChI is InChI=1S/C52H42N5P/c53-34-44-46(36-16-6-1-7-17-36)55-50(40-20-10-3-11-21-40)56-47(44)37-24-28-42(29-25-37)52(32-14-5-15-33-52)43-30-26-38(27-31-43)48-45(35-54)49(39-18-8-2-9-19-39)58-51(57-48)41-22-12-4-13-23-41/h1-2,4,6-10,12-13,16-31,49,58H,3,5,11,14-15,32-33H2. The predicted octanol–water partition coefficient (Wildman–Crippen LogP) is 12.8. The molecule has 1 aliphatic heterocycles. The normalized spacial score (nSPS) is 17.9. The molecular weight excluding hydrogens is 726 g/mol. The van der Waals surface area contributed by atoms with Gasteiger partial charge in [0.2, 0.25) is 0 Å². The number of nitriles is 2. The first-order valence-corrected chi connectivity index (χ1v) is 21.3. The Bertz CT molecular complexity index is 2660. The largest absolute Gasteiger partial charge is 0.247 e. The van der Waals surface area contributed by atoms with Crippen LogP contribution in [0.4, 0.5) is 0 Å². The first-order valence-electron chi connectivity index (χ1n) is 20.2. The van der Waals surface area contributed by atoms with E-state index in [0.29, 0.717) is 31.4 Å². The molecule has 1 saturated carbocycles. The van der Waals surface area contributed by atoms with E-state index in [9.17, 15) is 10.5 Å². The fourth-order valence-corrected chi connectivity index (χ4v) is 10.3. The minimum atomic E-state index is -0.164. The minimum Gasteiger partial charge on any atom is -0.247 e. The van der Waals surface area contributed by atoms with Gasteiger partial charge in [0.05, 0.1) is 34.2 Å². The molecule has 0 saturated heterocycles. The third kappa shape index (κ3) is 7.16. The van der Waals surface area contributed by atoms with Crippen LogP contribution in [0.3, 0.4) is 0 Å². The van der Waals surface area contributed by atoms with Gasteiger partial charge in [0.25, 0.3) is 0 Å². The molecule has 0 radical (unpaired) electrons. The highest BCUT2D eigenvalue weighted by atomic mass is 31.1. The molecule has 9 rings (SSSR count). The number of rotatable bonds is 8. The van der Waals surface area contributed by atoms with Gasteiger partial charge in [-0.25, -0.2) is 15.0 Å². The van der Waals surface area contributed by atoms with Crippen molar-refractivity contribution in [1.29, 1.82) is 10.5 Å². The maximum Gasteiger partial charge on any atom is 0.160 e. The quantitative estimate of drug-likeness (QED) is 0.144. The number of allylic oxidation sites excluding steroid dienone is 5. The van der Waals surface area contributed by atoms with Gasteiger partial charge in [0, 0.05) is 38.9 Å². The molecule has 1 fully saturated rings. The molecule has 0 N–H and O–H groups in total. The van der Waals surface area contributed by atoms with Gasteiger partial charge in [-0.15, -0.1) is 0 Å². The topological polar surface area (TPSA) is 85.7 Å². The van der Waals surface area contributed by atoms with Gasteiger partial charge in [-0.1, -0.05) is 186 Å². The van der Waals surface area contributed by atoms with Crippen molar-refractivity contribution in [3.8, 4) is 34.7 Å². The lowest BCUT2D eigenvalue weighted by Gasteiger charge is -2.39. The summed E-state index contributed by atoms with van der Waals surface area (Å²) in [7, 11) is 0.351. The molecule has 2 unspecified atom stereocenters. The van der Waals surface area contributed by atoms with E-state index >= 15 is 0 Å². The van der Waals surface area contributed by atoms with E-state index < -0.39 is 0 Å². The molecule has 5 aromatic carbocycles. The highest BCUT2D eigenvalue weighted by Gasteiger charge is 2.36. The first-order chi connectivity index (χ1) is 28.6. The van der Waals surface area contributed by atoms with Gasteiger partial charge in [-0.2, -0.15) is 10.5 Å². The van der Waals surface area contributed by atoms with Crippen molar-refractivity contribution in [2.75, 3.05) is 0 Å². The van der Waals surface area contributed by atoms with E-state index in [4.69, 9.17) is 15.0 Å². The molecule has 2 atom stereocenters. The van der Waals surface area contributed by atoms with Gasteiger partial charge in [-0.3, -0.25) is 0 Å². The van der Waals surface area contributed by atoms with Crippen LogP contribution in [0.15, 0.2) is 168 Å². The van der Waals surface area contributed by atoms with Crippen molar-refractivity contribution < 1.29 is 0 Å². The minimum absolute atomic E-state index is 0.0519. The van der Waals surface area contributed by atoms with Crippen LogP contribution in [0.2, 0.25) is 0 Å². The van der Waals surface area contributed by atoms with Crippen LogP contribution in [0, 0.1) is 22.7 Å². The lowest BCUT2D eigenvalue weighted by atomic mass is 9.65. The van der Waals surface area contributed by atoms with Gasteiger partial charge in [0.15, 0.2) is 5.82 Å². The van der Waals surface area contributed by atoms with Gasteiger partial charge in [-0.05, 0) is 42.4 Å². The van der Waals surface area contributed by atoms with Crippen LogP contribution in [0.5, 0.6) is 0 Å². The lowest BCUT2D eigenvalue weighted by molar-refractivity contribution is 0.346. The second-order valence-electron chi connectivity index (χ2n) is 15.2. The van der Waals surface area contributed by atoms with Crippen molar-refractivity contribution >= 4 is 25.3 Å². The van der Waals surface area contributed by atoms with E-state index in [1.165, 1.54) is 17.5 Å². The Labute approximate surface area is 342 Å². The lowest BCUT2D eigenvalue weighted by Crippen LogP contribution is -2.30. The second kappa shape index (κ2) is 16.5. The molecule has 6 heteroatoms. The Balaban J connectivity index is 1.10. The maximum atomic E-state index is 10.6. The zero-order valence-electron chi connectivity index (χ0n) is 32.3. The summed E-state index contributed by atoms with van der Waals surface area (Å²) in [6, 6.07) is 53.4. The Morgan fingerprint density at radius 3 is 1.72 bits per heavy atom. The molecule has 2 heterocycles. The van der Waals surface area contributed by atoms with Crippen LogP contribution in [-0.2, 0) is 5.41 Å². The van der Waals surface area contributed by atoms with Crippen molar-refractivity contribution in [3.63, 3.8) is 0 Å². The number of hydrogen-bond acceptors (Lipinski definition) is 5. The molecule has 0 spiro atoms. The molecule has 5 nitrogen and oxygen atoms in total. The monoisotopic (exact) mass is 767 g/mol. The third-order valence-corrected chi connectivity index (χ3v) is 13.4. The van der Waals surface area contributed by atoms with Crippen LogP contribution in [0.1, 0.15) is 89.8 Å². The molecule has 6 aromatic rings. The highest BCUT2D eigenvalue weighted by molar-refractivity contribution is 7.60. The summed E-state index contributed by atoms with van der Waals surface area (Å²) in [4.78, 5) is 15.3. The number of aliphatic imine (C=N–C) groups is 1. The highest BCUT2D eigenvalue weighted by Crippen LogP contribution is 2.50. The number of aromatic nitrogens is 2. The van der Waals surface area contributed by atoms with Crippen molar-refractivity contribution in [3.05, 3.63) is 203 Å². The summed E-state index contributed by atoms with van der Waals surface area (Å²) >= 11 is 0. The molecule has 3 aliphatic rings. The summed E-state index contributed by atoms with van der Waals surface area (Å²) < 4.78 is 0. The zero-order chi connectivity index (χ0) is 39.3. The summed E-state index contributed by atoms with van der Waals surface area (Å²) in [5.41, 5.74) is 12.6. The Kier molecular flexibility index (Phi) is 10.6. The predicted molar refractivity (Wildman–Crippen MR) is 237 cm³/mol. The molecule has 0 bridgehead atoms. The molecular formula is C52H42N5P. The van der Waals surface area contributed by atoms with Crippen molar-refractivity contribution in [2.24, 2.45) is 4.99 Å². The average molecular weight is 768 g/mol. The summed E-state index contributed by atoms with van der Waals surface area (Å²) in [6.45, 7) is 0. The Morgan fingerprint density at radius 1 is 0.586 bits per heavy atom. The SMILES string of the molecule is N#CC1=C(c2ccc(C3(c4ccc(-c5nc(C6=CCCC=C6)nc(-c6ccccc6)c5C#N)cc4)CCCCC3)cc2)N=C(c2ccccc2)PC1c1ccccc1. The van der Waals surface area contributed by atoms with Gasteiger partial charge in [0.1, 0.15) is 11.6 Å². The fourth-order valence-electron chi connectivity index (χ4n) is 8.81. The summed E-state index contributed by atoms with van der Waals surface area (Å²) in [5, 5.41) is 21.2. The molecule has 1 aromatic heterocycles. The summed E-state index contributed by atoms with van der Waals surface area (Å²) in [5.74, 6) is 0.639. The van der Waals surface area contributed by atoms with Crippen molar-refractivity contribution in [2.45, 2.75) is 56.0 Å². The van der Waals surface area contributed by atoms with E-state index in [1.807, 2.05) is 42.5 Å². The second-order valence-corrected chi connectivity index (χ2v) is 16.6. The Hall–Kier alpha value is -6.52. The van der Waals surface area contributed by atoms with Crippen molar-refractivity contribution in [1.82, 2.24) is 9.97 Å². The smallest absolute Gasteiger partial charge is 0.160 e. The number of benzene rings is 5. The molecule has 2 aliphatic carbocycles. The van der Waals surface area contributed by atoms with Gasteiger partial charge < -0.3 is 0 Å². The maximum absolute atomic E-state index is 10.6. The summed E-state index contributed by atoms with van der Waals surface area (Å²) in [6.07, 6.45) is 14.0. The zero-order valence-corrected chi connectivity index (χ0v) is 33.3. The van der Waals surface area contributed by atoms with Gasteiger partial charge >= 0.3 is 0 Å². The molecule has 58 heavy (non-hydrogen) atoms. The van der Waals surface area contributed by atoms with Crippen LogP contribution in [-0.4, -0.2) is 15.4 Å². The fraction of sp³-hybridized carbons (Fsp3) is 0.173. The average Bonchev–Trinajstić information content (AvgIpc) is 3.32. The molecule has 0 amide bonds. The first kappa shape index (κ1) is 37.1. The van der Waals surface area contributed by atoms with E-state index in [2.05, 4.69) is 127 Å². The van der Waals surface area contributed by atoms with Crippen LogP contribution >= 0.6 is 8.58 Å². The van der Waals surface area contributed by atoms with E-state index in [-0.39, 0.29) is 11.1 Å². The molecule has 280 valence electrons.